The van der Waals surface area contributed by atoms with Gasteiger partial charge in [0.1, 0.15) is 11.5 Å². The number of para-hydroxylation sites is 1. The van der Waals surface area contributed by atoms with E-state index in [2.05, 4.69) is 0 Å². The quantitative estimate of drug-likeness (QED) is 0.486. The molecule has 20 heavy (non-hydrogen) atoms. The van der Waals surface area contributed by atoms with Crippen LogP contribution in [0.2, 0.25) is 0 Å². The van der Waals surface area contributed by atoms with Gasteiger partial charge in [-0.2, -0.15) is 0 Å². The number of halogens is 1. The molecule has 2 aromatic rings. The number of rotatable bonds is 5. The van der Waals surface area contributed by atoms with Crippen LogP contribution in [-0.2, 0) is 6.42 Å². The highest BCUT2D eigenvalue weighted by Gasteiger charge is 2.11. The van der Waals surface area contributed by atoms with E-state index >= 15 is 0 Å². The van der Waals surface area contributed by atoms with E-state index in [1.807, 2.05) is 46.9 Å². The van der Waals surface area contributed by atoms with Gasteiger partial charge in [0, 0.05) is 18.7 Å². The van der Waals surface area contributed by atoms with Gasteiger partial charge >= 0.3 is 0 Å². The molecule has 6 heteroatoms. The smallest absolute Gasteiger partial charge is 0.270 e. The molecule has 0 amide bonds. The Hall–Kier alpha value is -1.67. The van der Waals surface area contributed by atoms with Gasteiger partial charge in [-0.15, -0.1) is 0 Å². The van der Waals surface area contributed by atoms with Crippen molar-refractivity contribution in [3.05, 3.63) is 61.7 Å². The summed E-state index contributed by atoms with van der Waals surface area (Å²) < 4.78 is 6.45. The fraction of sp³-hybridized carbons (Fsp3) is 0.143. The zero-order chi connectivity index (χ0) is 14.5. The predicted octanol–water partition coefficient (Wildman–Crippen LogP) is 3.53. The van der Waals surface area contributed by atoms with Gasteiger partial charge < -0.3 is 9.84 Å². The molecule has 0 spiro atoms. The van der Waals surface area contributed by atoms with Gasteiger partial charge in [0.15, 0.2) is 0 Å². The molecule has 0 aliphatic heterocycles. The van der Waals surface area contributed by atoms with Crippen LogP contribution in [0.3, 0.4) is 0 Å². The van der Waals surface area contributed by atoms with Crippen molar-refractivity contribution < 1.29 is 14.8 Å². The van der Waals surface area contributed by atoms with Crippen LogP contribution in [0, 0.1) is 13.7 Å². The topological polar surface area (TPSA) is 72.6 Å². The maximum Gasteiger partial charge on any atom is 0.270 e. The summed E-state index contributed by atoms with van der Waals surface area (Å²) in [6.07, 6.45) is 0.500. The van der Waals surface area contributed by atoms with Crippen LogP contribution in [0.4, 0.5) is 5.69 Å². The van der Waals surface area contributed by atoms with Crippen molar-refractivity contribution in [3.8, 4) is 11.5 Å². The van der Waals surface area contributed by atoms with E-state index in [4.69, 9.17) is 9.84 Å². The van der Waals surface area contributed by atoms with E-state index < -0.39 is 4.92 Å². The van der Waals surface area contributed by atoms with E-state index in [9.17, 15) is 10.1 Å². The maximum absolute atomic E-state index is 10.7. The molecular formula is C14H12INO4. The highest BCUT2D eigenvalue weighted by atomic mass is 127. The number of aliphatic hydroxyl groups is 1. The molecule has 0 radical (unpaired) electrons. The number of aliphatic hydroxyl groups excluding tert-OH is 1. The van der Waals surface area contributed by atoms with Crippen LogP contribution in [0.15, 0.2) is 42.5 Å². The molecule has 2 aromatic carbocycles. The second-order valence-corrected chi connectivity index (χ2v) is 5.22. The van der Waals surface area contributed by atoms with Crippen LogP contribution in [0.25, 0.3) is 0 Å². The molecule has 0 bridgehead atoms. The first-order valence-corrected chi connectivity index (χ1v) is 7.00. The first-order valence-electron chi connectivity index (χ1n) is 5.92. The van der Waals surface area contributed by atoms with Gasteiger partial charge in [0.2, 0.25) is 0 Å². The number of benzene rings is 2. The predicted molar refractivity (Wildman–Crippen MR) is 83.1 cm³/mol. The van der Waals surface area contributed by atoms with Gasteiger partial charge in [-0.05, 0) is 46.7 Å². The number of ether oxygens (including phenoxy) is 1. The van der Waals surface area contributed by atoms with E-state index in [1.165, 1.54) is 12.1 Å². The van der Waals surface area contributed by atoms with Crippen LogP contribution in [0.5, 0.6) is 11.5 Å². The minimum absolute atomic E-state index is 0.0328. The monoisotopic (exact) mass is 385 g/mol. The van der Waals surface area contributed by atoms with Crippen molar-refractivity contribution in [2.75, 3.05) is 6.61 Å². The summed E-state index contributed by atoms with van der Waals surface area (Å²) in [6.45, 7) is 0.0394. The molecule has 0 fully saturated rings. The molecule has 0 saturated heterocycles. The lowest BCUT2D eigenvalue weighted by molar-refractivity contribution is -0.385. The molecule has 0 aliphatic carbocycles. The van der Waals surface area contributed by atoms with Crippen LogP contribution < -0.4 is 4.74 Å². The molecular weight excluding hydrogens is 373 g/mol. The van der Waals surface area contributed by atoms with Crippen molar-refractivity contribution in [1.29, 1.82) is 0 Å². The Balaban J connectivity index is 2.28. The summed E-state index contributed by atoms with van der Waals surface area (Å²) in [4.78, 5) is 10.3. The molecule has 0 aliphatic rings. The van der Waals surface area contributed by atoms with Crippen LogP contribution in [0.1, 0.15) is 5.56 Å². The number of hydrogen-bond donors (Lipinski definition) is 1. The van der Waals surface area contributed by atoms with Crippen molar-refractivity contribution in [2.45, 2.75) is 6.42 Å². The highest BCUT2D eigenvalue weighted by Crippen LogP contribution is 2.31. The summed E-state index contributed by atoms with van der Waals surface area (Å²) in [6, 6.07) is 11.9. The van der Waals surface area contributed by atoms with Gasteiger partial charge in [-0.3, -0.25) is 10.1 Å². The van der Waals surface area contributed by atoms with Gasteiger partial charge in [0.05, 0.1) is 8.49 Å². The first-order chi connectivity index (χ1) is 9.61. The minimum Gasteiger partial charge on any atom is -0.456 e. The van der Waals surface area contributed by atoms with Crippen molar-refractivity contribution >= 4 is 28.3 Å². The number of nitro groups is 1. The Morgan fingerprint density at radius 2 is 1.95 bits per heavy atom. The zero-order valence-corrected chi connectivity index (χ0v) is 12.6. The normalized spacial score (nSPS) is 10.3. The lowest BCUT2D eigenvalue weighted by Gasteiger charge is -2.11. The lowest BCUT2D eigenvalue weighted by atomic mass is 10.1. The summed E-state index contributed by atoms with van der Waals surface area (Å²) in [5.74, 6) is 1.20. The molecule has 0 heterocycles. The van der Waals surface area contributed by atoms with Crippen LogP contribution in [-0.4, -0.2) is 16.6 Å². The second kappa shape index (κ2) is 6.67. The number of non-ortho nitro benzene ring substituents is 1. The largest absolute Gasteiger partial charge is 0.456 e. The summed E-state index contributed by atoms with van der Waals surface area (Å²) >= 11 is 2.00. The second-order valence-electron chi connectivity index (χ2n) is 4.06. The number of nitrogens with zero attached hydrogens (tertiary/aromatic N) is 1. The molecule has 0 aromatic heterocycles. The average molecular weight is 385 g/mol. The minimum atomic E-state index is -0.439. The fourth-order valence-corrected chi connectivity index (χ4v) is 2.34. The lowest BCUT2D eigenvalue weighted by Crippen LogP contribution is -1.96. The third-order valence-corrected chi connectivity index (χ3v) is 3.54. The van der Waals surface area contributed by atoms with Crippen LogP contribution >= 0.6 is 22.6 Å². The molecule has 0 atom stereocenters. The Labute approximate surface area is 129 Å². The molecule has 0 unspecified atom stereocenters. The third-order valence-electron chi connectivity index (χ3n) is 2.70. The average Bonchev–Trinajstić information content (AvgIpc) is 2.43. The van der Waals surface area contributed by atoms with Crippen molar-refractivity contribution in [2.24, 2.45) is 0 Å². The van der Waals surface area contributed by atoms with E-state index in [0.29, 0.717) is 21.5 Å². The van der Waals surface area contributed by atoms with Gasteiger partial charge in [-0.25, -0.2) is 0 Å². The third kappa shape index (κ3) is 3.45. The van der Waals surface area contributed by atoms with E-state index in [-0.39, 0.29) is 12.3 Å². The molecule has 2 rings (SSSR count). The zero-order valence-electron chi connectivity index (χ0n) is 10.5. The van der Waals surface area contributed by atoms with Gasteiger partial charge in [0.25, 0.3) is 5.69 Å². The highest BCUT2D eigenvalue weighted by molar-refractivity contribution is 14.1. The molecule has 1 N–H and O–H groups in total. The Morgan fingerprint density at radius 3 is 2.60 bits per heavy atom. The Kier molecular flexibility index (Phi) is 4.91. The Morgan fingerprint density at radius 1 is 1.20 bits per heavy atom. The van der Waals surface area contributed by atoms with Crippen molar-refractivity contribution in [1.82, 2.24) is 0 Å². The van der Waals surface area contributed by atoms with Gasteiger partial charge in [-0.1, -0.05) is 18.2 Å². The number of hydrogen-bond acceptors (Lipinski definition) is 4. The number of nitro benzene ring substituents is 1. The maximum atomic E-state index is 10.7. The summed E-state index contributed by atoms with van der Waals surface area (Å²) in [7, 11) is 0. The molecule has 0 saturated carbocycles. The molecule has 104 valence electrons. The Bertz CT molecular complexity index is 630. The van der Waals surface area contributed by atoms with E-state index in [0.717, 1.165) is 5.56 Å². The first kappa shape index (κ1) is 14.7. The van der Waals surface area contributed by atoms with Crippen molar-refractivity contribution in [3.63, 3.8) is 0 Å². The molecule has 5 nitrogen and oxygen atoms in total. The fourth-order valence-electron chi connectivity index (χ4n) is 1.73. The summed E-state index contributed by atoms with van der Waals surface area (Å²) in [5, 5.41) is 19.7. The standard InChI is InChI=1S/C14H12INO4/c15-12-9-11(16(18)19)5-6-14(12)20-13-4-2-1-3-10(13)7-8-17/h1-6,9,17H,7-8H2. The van der Waals surface area contributed by atoms with E-state index in [1.54, 1.807) is 6.07 Å². The SMILES string of the molecule is O=[N+]([O-])c1ccc(Oc2ccccc2CCO)c(I)c1. The summed E-state index contributed by atoms with van der Waals surface area (Å²) in [5.41, 5.74) is 0.926.